The quantitative estimate of drug-likeness (QED) is 0.369. The van der Waals surface area contributed by atoms with E-state index in [0.717, 1.165) is 33.7 Å². The highest BCUT2D eigenvalue weighted by atomic mass is 16.6. The van der Waals surface area contributed by atoms with Gasteiger partial charge in [0.05, 0.1) is 11.4 Å². The van der Waals surface area contributed by atoms with E-state index in [4.69, 9.17) is 4.74 Å². The molecule has 1 unspecified atom stereocenters. The fraction of sp³-hybridized carbons (Fsp3) is 0.367. The summed E-state index contributed by atoms with van der Waals surface area (Å²) in [5.41, 5.74) is 5.78. The summed E-state index contributed by atoms with van der Waals surface area (Å²) >= 11 is 0. The lowest BCUT2D eigenvalue weighted by Gasteiger charge is -2.28. The van der Waals surface area contributed by atoms with Crippen molar-refractivity contribution in [3.05, 3.63) is 58.9 Å². The second-order valence-corrected chi connectivity index (χ2v) is 10.9. The van der Waals surface area contributed by atoms with Gasteiger partial charge in [-0.25, -0.2) is 19.7 Å². The van der Waals surface area contributed by atoms with E-state index in [0.29, 0.717) is 17.0 Å². The van der Waals surface area contributed by atoms with Crippen LogP contribution in [0.15, 0.2) is 30.6 Å². The Balaban J connectivity index is 1.75. The molecular weight excluding hydrogens is 520 g/mol. The molecule has 0 bridgehead atoms. The van der Waals surface area contributed by atoms with Crippen LogP contribution in [0.5, 0.6) is 0 Å². The van der Waals surface area contributed by atoms with Gasteiger partial charge in [0.2, 0.25) is 5.91 Å². The molecule has 1 N–H and O–H groups in total. The van der Waals surface area contributed by atoms with Gasteiger partial charge in [-0.05, 0) is 78.7 Å². The number of hydrogen-bond donors (Lipinski definition) is 1. The molecule has 4 aromatic heterocycles. The third-order valence-electron chi connectivity index (χ3n) is 6.20. The summed E-state index contributed by atoms with van der Waals surface area (Å²) in [5, 5.41) is 7.32. The second kappa shape index (κ2) is 11.3. The molecule has 0 aliphatic carbocycles. The number of aromatic nitrogens is 6. The Bertz CT molecular complexity index is 1690. The van der Waals surface area contributed by atoms with E-state index >= 15 is 0 Å². The van der Waals surface area contributed by atoms with E-state index < -0.39 is 23.6 Å². The summed E-state index contributed by atoms with van der Waals surface area (Å²) < 4.78 is 7.13. The largest absolute Gasteiger partial charge is 0.444 e. The highest BCUT2D eigenvalue weighted by Gasteiger charge is 2.27. The van der Waals surface area contributed by atoms with Crippen LogP contribution in [0.25, 0.3) is 22.3 Å². The van der Waals surface area contributed by atoms with Crippen LogP contribution < -0.4 is 5.32 Å². The van der Waals surface area contributed by atoms with Crippen molar-refractivity contribution in [1.29, 1.82) is 0 Å². The zero-order valence-electron chi connectivity index (χ0n) is 24.8. The minimum Gasteiger partial charge on any atom is -0.444 e. The van der Waals surface area contributed by atoms with E-state index in [-0.39, 0.29) is 5.82 Å². The average Bonchev–Trinajstić information content (AvgIpc) is 3.18. The van der Waals surface area contributed by atoms with E-state index in [1.54, 1.807) is 38.4 Å². The van der Waals surface area contributed by atoms with Gasteiger partial charge in [0.15, 0.2) is 0 Å². The van der Waals surface area contributed by atoms with Gasteiger partial charge < -0.3 is 10.1 Å². The van der Waals surface area contributed by atoms with Crippen LogP contribution in [0.2, 0.25) is 0 Å². The third-order valence-corrected chi connectivity index (χ3v) is 6.20. The number of rotatable bonds is 4. The van der Waals surface area contributed by atoms with Gasteiger partial charge in [-0.2, -0.15) is 5.10 Å². The number of ether oxygens (including phenoxy) is 1. The first-order chi connectivity index (χ1) is 19.2. The lowest BCUT2D eigenvalue weighted by molar-refractivity contribution is -0.120. The molecule has 4 heterocycles. The number of aryl methyl sites for hydroxylation is 4. The van der Waals surface area contributed by atoms with E-state index in [1.807, 2.05) is 46.0 Å². The van der Waals surface area contributed by atoms with Crippen LogP contribution in [0.3, 0.4) is 0 Å². The van der Waals surface area contributed by atoms with Gasteiger partial charge in [-0.1, -0.05) is 5.92 Å². The molecule has 0 spiro atoms. The molecule has 0 saturated heterocycles. The van der Waals surface area contributed by atoms with Gasteiger partial charge in [0.1, 0.15) is 40.5 Å². The summed E-state index contributed by atoms with van der Waals surface area (Å²) in [7, 11) is 3.34. The molecular formula is C30H34N8O3. The maximum Gasteiger partial charge on any atom is 0.410 e. The van der Waals surface area contributed by atoms with Gasteiger partial charge in [-0.3, -0.25) is 19.4 Å². The number of hydrogen-bond acceptors (Lipinski definition) is 8. The topological polar surface area (TPSA) is 128 Å². The maximum atomic E-state index is 13.2. The number of carbonyl (C=O) groups is 2. The number of pyridine rings is 2. The van der Waals surface area contributed by atoms with Gasteiger partial charge >= 0.3 is 6.09 Å². The zero-order chi connectivity index (χ0) is 30.1. The Morgan fingerprint density at radius 1 is 1.02 bits per heavy atom. The SMILES string of the molecule is Cc1cc(C#Cc2cc(-c3ncnc4c(C)nn(C)c34)cc(NC(=O)C(C)N(C)C(=O)OC(C)(C)C)n2)cc(C)n1. The predicted molar refractivity (Wildman–Crippen MR) is 156 cm³/mol. The molecule has 4 rings (SSSR count). The Morgan fingerprint density at radius 3 is 2.37 bits per heavy atom. The molecule has 1 atom stereocenters. The minimum absolute atomic E-state index is 0.258. The van der Waals surface area contributed by atoms with Crippen molar-refractivity contribution in [3.8, 4) is 23.1 Å². The van der Waals surface area contributed by atoms with Crippen molar-refractivity contribution < 1.29 is 14.3 Å². The summed E-state index contributed by atoms with van der Waals surface area (Å²) in [6, 6.07) is 6.48. The minimum atomic E-state index is -0.835. The van der Waals surface area contributed by atoms with Crippen molar-refractivity contribution in [2.75, 3.05) is 12.4 Å². The fourth-order valence-electron chi connectivity index (χ4n) is 4.22. The highest BCUT2D eigenvalue weighted by molar-refractivity contribution is 5.97. The van der Waals surface area contributed by atoms with Crippen LogP contribution in [0, 0.1) is 32.6 Å². The molecule has 0 fully saturated rings. The fourth-order valence-corrected chi connectivity index (χ4v) is 4.22. The normalized spacial score (nSPS) is 11.9. The highest BCUT2D eigenvalue weighted by Crippen LogP contribution is 2.28. The zero-order valence-corrected chi connectivity index (χ0v) is 24.8. The smallest absolute Gasteiger partial charge is 0.410 e. The first-order valence-electron chi connectivity index (χ1n) is 13.1. The molecule has 41 heavy (non-hydrogen) atoms. The Kier molecular flexibility index (Phi) is 8.05. The lowest BCUT2D eigenvalue weighted by atomic mass is 10.1. The van der Waals surface area contributed by atoms with E-state index in [1.165, 1.54) is 18.3 Å². The summed E-state index contributed by atoms with van der Waals surface area (Å²) in [6.07, 6.45) is 0.878. The number of fused-ring (bicyclic) bond motifs is 1. The number of likely N-dealkylation sites (N-methyl/N-ethyl adjacent to an activating group) is 1. The van der Waals surface area contributed by atoms with E-state index in [9.17, 15) is 9.59 Å². The molecule has 0 aliphatic heterocycles. The molecule has 0 aliphatic rings. The number of anilines is 1. The first kappa shape index (κ1) is 29.1. The van der Waals surface area contributed by atoms with Crippen LogP contribution >= 0.6 is 0 Å². The monoisotopic (exact) mass is 554 g/mol. The maximum absolute atomic E-state index is 13.2. The standard InChI is InChI=1S/C30H34N8O3/c1-17-12-21(13-18(2)33-17)10-11-23-14-22(26-27-25(31-16-32-26)19(3)36-38(27)9)15-24(34-23)35-28(39)20(4)37(8)29(40)41-30(5,6)7/h12-16,20H,1-9H3,(H,34,35,39). The first-order valence-corrected chi connectivity index (χ1v) is 13.1. The Labute approximate surface area is 239 Å². The average molecular weight is 555 g/mol. The van der Waals surface area contributed by atoms with Gasteiger partial charge in [0, 0.05) is 36.6 Å². The van der Waals surface area contributed by atoms with Crippen molar-refractivity contribution in [1.82, 2.24) is 34.6 Å². The van der Waals surface area contributed by atoms with Crippen molar-refractivity contribution in [2.24, 2.45) is 7.05 Å². The van der Waals surface area contributed by atoms with Crippen LogP contribution in [-0.4, -0.2) is 65.3 Å². The number of nitrogens with zero attached hydrogens (tertiary/aromatic N) is 7. The summed E-state index contributed by atoms with van der Waals surface area (Å²) in [5.74, 6) is 6.08. The number of carbonyl (C=O) groups excluding carboxylic acids is 2. The van der Waals surface area contributed by atoms with Crippen LogP contribution in [0.1, 0.15) is 56.0 Å². The predicted octanol–water partition coefficient (Wildman–Crippen LogP) is 4.34. The van der Waals surface area contributed by atoms with Crippen molar-refractivity contribution in [2.45, 2.75) is 60.1 Å². The number of amides is 2. The summed E-state index contributed by atoms with van der Waals surface area (Å²) in [6.45, 7) is 12.6. The van der Waals surface area contributed by atoms with Crippen molar-refractivity contribution >= 4 is 28.9 Å². The lowest BCUT2D eigenvalue weighted by Crippen LogP contribution is -2.45. The van der Waals surface area contributed by atoms with Crippen molar-refractivity contribution in [3.63, 3.8) is 0 Å². The van der Waals surface area contributed by atoms with Crippen LogP contribution in [0.4, 0.5) is 10.6 Å². The van der Waals surface area contributed by atoms with Gasteiger partial charge in [0.25, 0.3) is 0 Å². The molecule has 2 amide bonds. The third kappa shape index (κ3) is 6.84. The van der Waals surface area contributed by atoms with E-state index in [2.05, 4.69) is 42.2 Å². The Hall–Kier alpha value is -4.85. The Morgan fingerprint density at radius 2 is 1.71 bits per heavy atom. The molecule has 11 nitrogen and oxygen atoms in total. The molecule has 0 radical (unpaired) electrons. The number of nitrogens with one attached hydrogen (secondary N) is 1. The molecule has 11 heteroatoms. The molecule has 0 aromatic carbocycles. The van der Waals surface area contributed by atoms with Gasteiger partial charge in [-0.15, -0.1) is 0 Å². The van der Waals surface area contributed by atoms with Crippen LogP contribution in [-0.2, 0) is 16.6 Å². The molecule has 4 aromatic rings. The second-order valence-electron chi connectivity index (χ2n) is 10.9. The molecule has 0 saturated carbocycles. The molecule has 212 valence electrons. The summed E-state index contributed by atoms with van der Waals surface area (Å²) in [4.78, 5) is 44.9.